The van der Waals surface area contributed by atoms with Crippen molar-refractivity contribution in [3.05, 3.63) is 71.9 Å². The second kappa shape index (κ2) is 8.22. The Balaban J connectivity index is 2.02. The molecule has 1 aromatic heterocycles. The van der Waals surface area contributed by atoms with E-state index in [-0.39, 0.29) is 5.91 Å². The van der Waals surface area contributed by atoms with Crippen molar-refractivity contribution < 1.29 is 22.7 Å². The summed E-state index contributed by atoms with van der Waals surface area (Å²) in [6.45, 7) is 0. The minimum absolute atomic E-state index is 0.249. The molecule has 0 bridgehead atoms. The van der Waals surface area contributed by atoms with Crippen LogP contribution in [0, 0.1) is 0 Å². The second-order valence-electron chi connectivity index (χ2n) is 6.09. The number of alkyl halides is 3. The zero-order chi connectivity index (χ0) is 21.0. The third-order valence-corrected chi connectivity index (χ3v) is 4.20. The molecule has 3 aromatic rings. The van der Waals surface area contributed by atoms with E-state index < -0.39 is 11.9 Å². The summed E-state index contributed by atoms with van der Waals surface area (Å²) in [5.41, 5.74) is 1.08. The van der Waals surface area contributed by atoms with Gasteiger partial charge in [0, 0.05) is 18.7 Å². The van der Waals surface area contributed by atoms with Crippen molar-refractivity contribution in [2.24, 2.45) is 0 Å². The minimum Gasteiger partial charge on any atom is -0.497 e. The van der Waals surface area contributed by atoms with Gasteiger partial charge in [-0.2, -0.15) is 18.3 Å². The Morgan fingerprint density at radius 3 is 2.31 bits per heavy atom. The lowest BCUT2D eigenvalue weighted by Gasteiger charge is -2.09. The topological polar surface area (TPSA) is 56.2 Å². The Hall–Kier alpha value is -3.55. The predicted molar refractivity (Wildman–Crippen MR) is 104 cm³/mol. The summed E-state index contributed by atoms with van der Waals surface area (Å²) in [5.74, 6) is 0.340. The standard InChI is InChI=1S/C21H18F3N3O2/c1-25-20(28)12-5-14-3-6-15(7-4-14)18-13-19(21(22,23)24)26-27(18)16-8-10-17(29-2)11-9-16/h3-13H,1-2H3,(H,25,28). The van der Waals surface area contributed by atoms with Gasteiger partial charge in [0.05, 0.1) is 18.5 Å². The third-order valence-electron chi connectivity index (χ3n) is 4.20. The molecule has 150 valence electrons. The molecule has 2 aromatic carbocycles. The molecule has 0 unspecified atom stereocenters. The number of rotatable bonds is 5. The molecule has 5 nitrogen and oxygen atoms in total. The zero-order valence-corrected chi connectivity index (χ0v) is 15.7. The van der Waals surface area contributed by atoms with E-state index in [9.17, 15) is 18.0 Å². The fourth-order valence-electron chi connectivity index (χ4n) is 2.67. The first-order valence-corrected chi connectivity index (χ1v) is 8.64. The molecule has 0 atom stereocenters. The van der Waals surface area contributed by atoms with E-state index in [1.165, 1.54) is 24.9 Å². The SMILES string of the molecule is CNC(=O)C=Cc1ccc(-c2cc(C(F)(F)F)nn2-c2ccc(OC)cc2)cc1. The fraction of sp³-hybridized carbons (Fsp3) is 0.143. The molecule has 29 heavy (non-hydrogen) atoms. The second-order valence-corrected chi connectivity index (χ2v) is 6.09. The molecule has 1 amide bonds. The van der Waals surface area contributed by atoms with E-state index >= 15 is 0 Å². The fourth-order valence-corrected chi connectivity index (χ4v) is 2.67. The normalized spacial score (nSPS) is 11.6. The highest BCUT2D eigenvalue weighted by Gasteiger charge is 2.35. The van der Waals surface area contributed by atoms with Crippen LogP contribution < -0.4 is 10.1 Å². The van der Waals surface area contributed by atoms with Crippen LogP contribution in [0.3, 0.4) is 0 Å². The van der Waals surface area contributed by atoms with Crippen molar-refractivity contribution in [3.8, 4) is 22.7 Å². The molecule has 0 saturated carbocycles. The van der Waals surface area contributed by atoms with Gasteiger partial charge in [0.25, 0.3) is 0 Å². The number of carbonyl (C=O) groups excluding carboxylic acids is 1. The molecule has 8 heteroatoms. The van der Waals surface area contributed by atoms with E-state index in [0.29, 0.717) is 22.7 Å². The molecule has 0 saturated heterocycles. The van der Waals surface area contributed by atoms with Crippen LogP contribution in [0.5, 0.6) is 5.75 Å². The Kier molecular flexibility index (Phi) is 5.72. The third kappa shape index (κ3) is 4.66. The average Bonchev–Trinajstić information content (AvgIpc) is 3.18. The molecule has 0 spiro atoms. The number of amides is 1. The predicted octanol–water partition coefficient (Wildman–Crippen LogP) is 4.33. The zero-order valence-electron chi connectivity index (χ0n) is 15.7. The van der Waals surface area contributed by atoms with E-state index in [2.05, 4.69) is 10.4 Å². The van der Waals surface area contributed by atoms with Crippen LogP contribution in [0.15, 0.2) is 60.7 Å². The minimum atomic E-state index is -4.57. The van der Waals surface area contributed by atoms with Gasteiger partial charge in [-0.3, -0.25) is 4.79 Å². The van der Waals surface area contributed by atoms with Crippen LogP contribution in [0.2, 0.25) is 0 Å². The summed E-state index contributed by atoms with van der Waals surface area (Å²) in [7, 11) is 3.03. The first kappa shape index (κ1) is 20.2. The lowest BCUT2D eigenvalue weighted by atomic mass is 10.1. The number of hydrogen-bond donors (Lipinski definition) is 1. The quantitative estimate of drug-likeness (QED) is 0.648. The maximum Gasteiger partial charge on any atom is 0.435 e. The van der Waals surface area contributed by atoms with E-state index in [1.54, 1.807) is 54.6 Å². The van der Waals surface area contributed by atoms with Gasteiger partial charge >= 0.3 is 6.18 Å². The number of aromatic nitrogens is 2. The largest absolute Gasteiger partial charge is 0.497 e. The van der Waals surface area contributed by atoms with Crippen LogP contribution >= 0.6 is 0 Å². The van der Waals surface area contributed by atoms with E-state index in [0.717, 1.165) is 11.6 Å². The van der Waals surface area contributed by atoms with Crippen LogP contribution in [-0.2, 0) is 11.0 Å². The number of likely N-dealkylation sites (N-methyl/N-ethyl adjacent to an activating group) is 1. The number of nitrogens with one attached hydrogen (secondary N) is 1. The smallest absolute Gasteiger partial charge is 0.435 e. The molecule has 0 radical (unpaired) electrons. The highest BCUT2D eigenvalue weighted by atomic mass is 19.4. The van der Waals surface area contributed by atoms with Gasteiger partial charge in [0.2, 0.25) is 5.91 Å². The molecular weight excluding hydrogens is 383 g/mol. The maximum atomic E-state index is 13.3. The summed E-state index contributed by atoms with van der Waals surface area (Å²) in [6.07, 6.45) is -1.58. The van der Waals surface area contributed by atoms with Crippen molar-refractivity contribution >= 4 is 12.0 Å². The highest BCUT2D eigenvalue weighted by molar-refractivity contribution is 5.91. The van der Waals surface area contributed by atoms with Gasteiger partial charge in [-0.25, -0.2) is 4.68 Å². The van der Waals surface area contributed by atoms with Crippen LogP contribution in [-0.4, -0.2) is 29.8 Å². The van der Waals surface area contributed by atoms with Crippen LogP contribution in [0.1, 0.15) is 11.3 Å². The lowest BCUT2D eigenvalue weighted by Crippen LogP contribution is -2.13. The van der Waals surface area contributed by atoms with Crippen molar-refractivity contribution in [2.45, 2.75) is 6.18 Å². The van der Waals surface area contributed by atoms with Gasteiger partial charge in [-0.05, 0) is 42.0 Å². The molecule has 1 heterocycles. The summed E-state index contributed by atoms with van der Waals surface area (Å²) < 4.78 is 46.1. The number of carbonyl (C=O) groups is 1. The molecule has 0 aliphatic heterocycles. The maximum absolute atomic E-state index is 13.3. The van der Waals surface area contributed by atoms with Gasteiger partial charge in [0.1, 0.15) is 5.75 Å². The van der Waals surface area contributed by atoms with Crippen molar-refractivity contribution in [1.82, 2.24) is 15.1 Å². The first-order chi connectivity index (χ1) is 13.8. The number of hydrogen-bond acceptors (Lipinski definition) is 3. The average molecular weight is 401 g/mol. The van der Waals surface area contributed by atoms with Crippen molar-refractivity contribution in [1.29, 1.82) is 0 Å². The molecule has 3 rings (SSSR count). The van der Waals surface area contributed by atoms with E-state index in [1.807, 2.05) is 0 Å². The van der Waals surface area contributed by atoms with Gasteiger partial charge in [-0.1, -0.05) is 24.3 Å². The highest BCUT2D eigenvalue weighted by Crippen LogP contribution is 2.33. The Morgan fingerprint density at radius 2 is 1.76 bits per heavy atom. The summed E-state index contributed by atoms with van der Waals surface area (Å²) in [6, 6.07) is 14.4. The summed E-state index contributed by atoms with van der Waals surface area (Å²) in [5, 5.41) is 6.23. The van der Waals surface area contributed by atoms with Crippen LogP contribution in [0.25, 0.3) is 23.0 Å². The Morgan fingerprint density at radius 1 is 1.10 bits per heavy atom. The Bertz CT molecular complexity index is 1020. The van der Waals surface area contributed by atoms with Crippen molar-refractivity contribution in [2.75, 3.05) is 14.2 Å². The van der Waals surface area contributed by atoms with Crippen molar-refractivity contribution in [3.63, 3.8) is 0 Å². The number of ether oxygens (including phenoxy) is 1. The molecule has 0 fully saturated rings. The lowest BCUT2D eigenvalue weighted by molar-refractivity contribution is -0.141. The number of nitrogens with zero attached hydrogens (tertiary/aromatic N) is 2. The van der Waals surface area contributed by atoms with Crippen LogP contribution in [0.4, 0.5) is 13.2 Å². The van der Waals surface area contributed by atoms with Gasteiger partial charge in [0.15, 0.2) is 5.69 Å². The number of methoxy groups -OCH3 is 1. The Labute approximate surface area is 165 Å². The molecular formula is C21H18F3N3O2. The van der Waals surface area contributed by atoms with E-state index in [4.69, 9.17) is 4.74 Å². The molecule has 0 aliphatic carbocycles. The number of halogens is 3. The summed E-state index contributed by atoms with van der Waals surface area (Å²) >= 11 is 0. The molecule has 1 N–H and O–H groups in total. The first-order valence-electron chi connectivity index (χ1n) is 8.64. The monoisotopic (exact) mass is 401 g/mol. The summed E-state index contributed by atoms with van der Waals surface area (Å²) in [4.78, 5) is 11.3. The number of benzene rings is 2. The molecule has 0 aliphatic rings. The van der Waals surface area contributed by atoms with Gasteiger partial charge < -0.3 is 10.1 Å². The van der Waals surface area contributed by atoms with Gasteiger partial charge in [-0.15, -0.1) is 0 Å².